The maximum atomic E-state index is 12.9. The van der Waals surface area contributed by atoms with Crippen LogP contribution in [0.5, 0.6) is 5.88 Å². The second-order valence-corrected chi connectivity index (χ2v) is 7.54. The summed E-state index contributed by atoms with van der Waals surface area (Å²) in [5.41, 5.74) is 2.72. The van der Waals surface area contributed by atoms with E-state index in [1.54, 1.807) is 24.3 Å². The molecular formula is C24H18Cl2N2O2. The molecule has 30 heavy (non-hydrogen) atoms. The Morgan fingerprint density at radius 2 is 1.40 bits per heavy atom. The molecule has 4 aromatic rings. The Bertz CT molecular complexity index is 1190. The van der Waals surface area contributed by atoms with Crippen molar-refractivity contribution in [1.29, 1.82) is 0 Å². The molecule has 0 atom stereocenters. The summed E-state index contributed by atoms with van der Waals surface area (Å²) in [4.78, 5) is 12.9. The molecule has 0 aliphatic heterocycles. The summed E-state index contributed by atoms with van der Waals surface area (Å²) in [5.74, 6) is 0.293. The van der Waals surface area contributed by atoms with Gasteiger partial charge in [0.05, 0.1) is 12.1 Å². The molecule has 1 aromatic heterocycles. The van der Waals surface area contributed by atoms with Crippen molar-refractivity contribution in [1.82, 2.24) is 9.78 Å². The van der Waals surface area contributed by atoms with Crippen LogP contribution < -0.4 is 10.3 Å². The first kappa shape index (κ1) is 20.2. The molecule has 0 amide bonds. The summed E-state index contributed by atoms with van der Waals surface area (Å²) in [6.07, 6.45) is 0. The molecule has 0 N–H and O–H groups in total. The molecule has 150 valence electrons. The lowest BCUT2D eigenvalue weighted by atomic mass is 10.1. The Morgan fingerprint density at radius 3 is 2.03 bits per heavy atom. The minimum Gasteiger partial charge on any atom is -0.471 e. The standard InChI is InChI=1S/C24H18Cl2N2O2/c25-20-13-11-19(12-14-20)21-22(26)24(29)28(15-17-7-3-1-4-8-17)27-23(21)30-16-18-9-5-2-6-10-18/h1-14H,15-16H2. The first-order valence-electron chi connectivity index (χ1n) is 9.39. The van der Waals surface area contributed by atoms with Crippen LogP contribution in [-0.4, -0.2) is 9.78 Å². The second-order valence-electron chi connectivity index (χ2n) is 6.72. The van der Waals surface area contributed by atoms with Crippen molar-refractivity contribution in [3.8, 4) is 17.0 Å². The van der Waals surface area contributed by atoms with Crippen LogP contribution in [0, 0.1) is 0 Å². The highest BCUT2D eigenvalue weighted by Crippen LogP contribution is 2.34. The van der Waals surface area contributed by atoms with Gasteiger partial charge in [0.15, 0.2) is 0 Å². The lowest BCUT2D eigenvalue weighted by Crippen LogP contribution is -2.25. The highest BCUT2D eigenvalue weighted by Gasteiger charge is 2.19. The third-order valence-corrected chi connectivity index (χ3v) is 5.20. The van der Waals surface area contributed by atoms with E-state index in [0.717, 1.165) is 11.1 Å². The molecule has 0 bridgehead atoms. The zero-order valence-corrected chi connectivity index (χ0v) is 17.5. The molecule has 0 spiro atoms. The largest absolute Gasteiger partial charge is 0.471 e. The van der Waals surface area contributed by atoms with Crippen molar-refractivity contribution in [2.75, 3.05) is 0 Å². The number of ether oxygens (including phenoxy) is 1. The smallest absolute Gasteiger partial charge is 0.286 e. The molecule has 3 aromatic carbocycles. The van der Waals surface area contributed by atoms with Crippen molar-refractivity contribution >= 4 is 23.2 Å². The third-order valence-electron chi connectivity index (χ3n) is 4.59. The molecule has 4 nitrogen and oxygen atoms in total. The van der Waals surface area contributed by atoms with E-state index in [1.165, 1.54) is 4.68 Å². The lowest BCUT2D eigenvalue weighted by molar-refractivity contribution is 0.285. The molecule has 0 aliphatic carbocycles. The van der Waals surface area contributed by atoms with Gasteiger partial charge in [0.1, 0.15) is 11.6 Å². The number of halogens is 2. The topological polar surface area (TPSA) is 44.1 Å². The van der Waals surface area contributed by atoms with Crippen LogP contribution in [0.4, 0.5) is 0 Å². The monoisotopic (exact) mass is 436 g/mol. The number of nitrogens with zero attached hydrogens (tertiary/aromatic N) is 2. The van der Waals surface area contributed by atoms with E-state index in [2.05, 4.69) is 5.10 Å². The molecule has 4 rings (SSSR count). The van der Waals surface area contributed by atoms with Gasteiger partial charge in [0.25, 0.3) is 5.56 Å². The average molecular weight is 437 g/mol. The molecule has 0 saturated carbocycles. The molecule has 0 radical (unpaired) electrons. The van der Waals surface area contributed by atoms with Crippen LogP contribution in [0.3, 0.4) is 0 Å². The predicted octanol–water partition coefficient (Wildman–Crippen LogP) is 5.84. The summed E-state index contributed by atoms with van der Waals surface area (Å²) in [6, 6.07) is 26.4. The van der Waals surface area contributed by atoms with Gasteiger partial charge in [-0.05, 0) is 28.8 Å². The van der Waals surface area contributed by atoms with Gasteiger partial charge in [-0.3, -0.25) is 4.79 Å². The Balaban J connectivity index is 1.78. The minimum absolute atomic E-state index is 0.0614. The van der Waals surface area contributed by atoms with Crippen molar-refractivity contribution in [2.45, 2.75) is 13.2 Å². The Hall–Kier alpha value is -3.08. The van der Waals surface area contributed by atoms with Gasteiger partial charge in [0, 0.05) is 5.02 Å². The van der Waals surface area contributed by atoms with Crippen molar-refractivity contribution in [3.05, 3.63) is 116 Å². The fourth-order valence-electron chi connectivity index (χ4n) is 3.08. The van der Waals surface area contributed by atoms with Gasteiger partial charge in [-0.1, -0.05) is 96.0 Å². The maximum Gasteiger partial charge on any atom is 0.286 e. The number of aromatic nitrogens is 2. The predicted molar refractivity (Wildman–Crippen MR) is 120 cm³/mol. The van der Waals surface area contributed by atoms with Crippen molar-refractivity contribution in [3.63, 3.8) is 0 Å². The fraction of sp³-hybridized carbons (Fsp3) is 0.0833. The third kappa shape index (κ3) is 4.56. The lowest BCUT2D eigenvalue weighted by Gasteiger charge is -2.15. The Labute approximate surface area is 184 Å². The Morgan fingerprint density at radius 1 is 0.800 bits per heavy atom. The van der Waals surface area contributed by atoms with E-state index in [0.29, 0.717) is 35.2 Å². The summed E-state index contributed by atoms with van der Waals surface area (Å²) in [6.45, 7) is 0.594. The molecule has 0 fully saturated rings. The number of benzene rings is 3. The fourth-order valence-corrected chi connectivity index (χ4v) is 3.49. The van der Waals surface area contributed by atoms with E-state index in [4.69, 9.17) is 27.9 Å². The zero-order valence-electron chi connectivity index (χ0n) is 16.0. The summed E-state index contributed by atoms with van der Waals surface area (Å²) < 4.78 is 7.36. The van der Waals surface area contributed by atoms with E-state index in [-0.39, 0.29) is 10.6 Å². The highest BCUT2D eigenvalue weighted by molar-refractivity contribution is 6.33. The van der Waals surface area contributed by atoms with E-state index in [1.807, 2.05) is 60.7 Å². The molecule has 0 unspecified atom stereocenters. The number of rotatable bonds is 6. The van der Waals surface area contributed by atoms with Gasteiger partial charge >= 0.3 is 0 Å². The molecular weight excluding hydrogens is 419 g/mol. The van der Waals surface area contributed by atoms with Gasteiger partial charge < -0.3 is 4.74 Å². The van der Waals surface area contributed by atoms with Crippen LogP contribution in [0.1, 0.15) is 11.1 Å². The van der Waals surface area contributed by atoms with Crippen LogP contribution >= 0.6 is 23.2 Å². The molecule has 1 heterocycles. The zero-order chi connectivity index (χ0) is 20.9. The molecule has 0 saturated heterocycles. The summed E-state index contributed by atoms with van der Waals surface area (Å²) >= 11 is 12.6. The normalized spacial score (nSPS) is 10.7. The van der Waals surface area contributed by atoms with Gasteiger partial charge in [-0.2, -0.15) is 0 Å². The van der Waals surface area contributed by atoms with Gasteiger partial charge in [-0.25, -0.2) is 4.68 Å². The quantitative estimate of drug-likeness (QED) is 0.381. The van der Waals surface area contributed by atoms with Crippen molar-refractivity contribution < 1.29 is 4.74 Å². The molecule has 6 heteroatoms. The van der Waals surface area contributed by atoms with E-state index < -0.39 is 0 Å². The number of hydrogen-bond acceptors (Lipinski definition) is 3. The van der Waals surface area contributed by atoms with Crippen LogP contribution in [-0.2, 0) is 13.2 Å². The van der Waals surface area contributed by atoms with Gasteiger partial charge in [0.2, 0.25) is 5.88 Å². The van der Waals surface area contributed by atoms with Crippen molar-refractivity contribution in [2.24, 2.45) is 0 Å². The second kappa shape index (κ2) is 9.16. The average Bonchev–Trinajstić information content (AvgIpc) is 2.78. The SMILES string of the molecule is O=c1c(Cl)c(-c2ccc(Cl)cc2)c(OCc2ccccc2)nn1Cc1ccccc1. The molecule has 0 aliphatic rings. The van der Waals surface area contributed by atoms with Gasteiger partial charge in [-0.15, -0.1) is 5.10 Å². The van der Waals surface area contributed by atoms with Crippen LogP contribution in [0.15, 0.2) is 89.7 Å². The highest BCUT2D eigenvalue weighted by atomic mass is 35.5. The van der Waals surface area contributed by atoms with E-state index in [9.17, 15) is 4.79 Å². The minimum atomic E-state index is -0.377. The first-order valence-corrected chi connectivity index (χ1v) is 10.1. The van der Waals surface area contributed by atoms with E-state index >= 15 is 0 Å². The maximum absolute atomic E-state index is 12.9. The number of hydrogen-bond donors (Lipinski definition) is 0. The summed E-state index contributed by atoms with van der Waals surface area (Å²) in [7, 11) is 0. The van der Waals surface area contributed by atoms with Crippen LogP contribution in [0.2, 0.25) is 10.0 Å². The summed E-state index contributed by atoms with van der Waals surface area (Å²) in [5, 5.41) is 5.16. The van der Waals surface area contributed by atoms with Crippen LogP contribution in [0.25, 0.3) is 11.1 Å². The first-order chi connectivity index (χ1) is 14.6. The Kier molecular flexibility index (Phi) is 6.17.